The number of fused-ring (bicyclic) bond motifs is 1. The molecule has 10 nitrogen and oxygen atoms in total. The van der Waals surface area contributed by atoms with Gasteiger partial charge in [0.1, 0.15) is 0 Å². The van der Waals surface area contributed by atoms with E-state index in [-0.39, 0.29) is 9.79 Å². The zero-order valence-electron chi connectivity index (χ0n) is 26.5. The number of aryl methyl sites for hydroxylation is 1. The van der Waals surface area contributed by atoms with E-state index in [0.29, 0.717) is 30.1 Å². The topological polar surface area (TPSA) is 140 Å². The molecule has 0 saturated carbocycles. The third-order valence-corrected chi connectivity index (χ3v) is 13.0. The molecule has 0 radical (unpaired) electrons. The highest BCUT2D eigenvalue weighted by Gasteiger charge is 2.42. The van der Waals surface area contributed by atoms with Gasteiger partial charge in [0.05, 0.1) is 9.79 Å². The number of benzene rings is 2. The van der Waals surface area contributed by atoms with Crippen molar-refractivity contribution in [3.8, 4) is 0 Å². The first-order valence-electron chi connectivity index (χ1n) is 14.0. The van der Waals surface area contributed by atoms with Gasteiger partial charge in [0.15, 0.2) is 0 Å². The van der Waals surface area contributed by atoms with Crippen LogP contribution in [0.5, 0.6) is 0 Å². The molecule has 0 saturated heterocycles. The van der Waals surface area contributed by atoms with E-state index in [9.17, 15) is 25.9 Å². The summed E-state index contributed by atoms with van der Waals surface area (Å²) >= 11 is 0. The lowest BCUT2D eigenvalue weighted by Crippen LogP contribution is -2.43. The SMILES string of the molecule is C=C(/C=C/C=C1/N(CCC[Si](OC)(OC)OC)c2ccc(S(=O)(=O)O)cc2C1(C)C)C(C)(C)c1cc(S(=O)(=O)O)ccc1C. The normalized spacial score (nSPS) is 16.6. The summed E-state index contributed by atoms with van der Waals surface area (Å²) in [6, 6.07) is 9.65. The maximum Gasteiger partial charge on any atom is 0.500 e. The van der Waals surface area contributed by atoms with E-state index >= 15 is 0 Å². The van der Waals surface area contributed by atoms with Crippen LogP contribution in [-0.2, 0) is 44.3 Å². The fourth-order valence-electron chi connectivity index (χ4n) is 5.64. The molecule has 1 aliphatic heterocycles. The van der Waals surface area contributed by atoms with Crippen LogP contribution in [0, 0.1) is 6.92 Å². The molecule has 0 amide bonds. The van der Waals surface area contributed by atoms with Crippen LogP contribution >= 0.6 is 0 Å². The lowest BCUT2D eigenvalue weighted by Gasteiger charge is -2.29. The summed E-state index contributed by atoms with van der Waals surface area (Å²) in [6.45, 7) is 14.5. The van der Waals surface area contributed by atoms with Crippen molar-refractivity contribution >= 4 is 34.7 Å². The Balaban J connectivity index is 2.02. The second kappa shape index (κ2) is 13.0. The third-order valence-electron chi connectivity index (χ3n) is 8.49. The molecule has 3 rings (SSSR count). The van der Waals surface area contributed by atoms with Crippen molar-refractivity contribution in [2.75, 3.05) is 32.8 Å². The molecule has 0 unspecified atom stereocenters. The molecule has 242 valence electrons. The summed E-state index contributed by atoms with van der Waals surface area (Å²) in [5, 5.41) is 0. The maximum atomic E-state index is 12.0. The first kappa shape index (κ1) is 35.9. The Hall–Kier alpha value is -2.62. The van der Waals surface area contributed by atoms with Crippen molar-refractivity contribution in [2.45, 2.75) is 67.7 Å². The maximum absolute atomic E-state index is 12.0. The molecule has 1 heterocycles. The first-order valence-corrected chi connectivity index (χ1v) is 18.8. The highest BCUT2D eigenvalue weighted by molar-refractivity contribution is 7.86. The van der Waals surface area contributed by atoms with Crippen molar-refractivity contribution < 1.29 is 39.2 Å². The second-order valence-electron chi connectivity index (χ2n) is 11.8. The summed E-state index contributed by atoms with van der Waals surface area (Å²) in [4.78, 5) is 1.75. The van der Waals surface area contributed by atoms with E-state index in [2.05, 4.69) is 11.5 Å². The molecule has 44 heavy (non-hydrogen) atoms. The van der Waals surface area contributed by atoms with Gasteiger partial charge in [0, 0.05) is 56.1 Å². The van der Waals surface area contributed by atoms with Gasteiger partial charge in [0.2, 0.25) is 0 Å². The molecule has 0 fully saturated rings. The fraction of sp³-hybridized carbons (Fsp3) is 0.419. The lowest BCUT2D eigenvalue weighted by molar-refractivity contribution is 0.123. The van der Waals surface area contributed by atoms with Gasteiger partial charge < -0.3 is 18.2 Å². The minimum atomic E-state index is -4.40. The minimum absolute atomic E-state index is 0.178. The van der Waals surface area contributed by atoms with Gasteiger partial charge in [-0.3, -0.25) is 9.11 Å². The van der Waals surface area contributed by atoms with E-state index in [4.69, 9.17) is 13.3 Å². The van der Waals surface area contributed by atoms with Gasteiger partial charge in [-0.2, -0.15) is 16.8 Å². The highest BCUT2D eigenvalue weighted by Crippen LogP contribution is 2.48. The van der Waals surface area contributed by atoms with Gasteiger partial charge in [-0.15, -0.1) is 0 Å². The predicted octanol–water partition coefficient (Wildman–Crippen LogP) is 5.83. The number of hydrogen-bond donors (Lipinski definition) is 2. The molecule has 0 aromatic heterocycles. The molecular formula is C31H43NO9S2Si. The minimum Gasteiger partial charge on any atom is -0.377 e. The summed E-state index contributed by atoms with van der Waals surface area (Å²) in [5.74, 6) is 0. The van der Waals surface area contributed by atoms with E-state index in [1.54, 1.807) is 33.5 Å². The van der Waals surface area contributed by atoms with Gasteiger partial charge in [-0.1, -0.05) is 52.5 Å². The van der Waals surface area contributed by atoms with Gasteiger partial charge in [-0.05, 0) is 72.0 Å². The third kappa shape index (κ3) is 7.26. The molecule has 2 aromatic rings. The zero-order chi connectivity index (χ0) is 33.3. The van der Waals surface area contributed by atoms with Crippen LogP contribution in [0.3, 0.4) is 0 Å². The Morgan fingerprint density at radius 1 is 0.977 bits per heavy atom. The molecule has 2 aromatic carbocycles. The van der Waals surface area contributed by atoms with Crippen LogP contribution in [0.1, 0.15) is 50.8 Å². The van der Waals surface area contributed by atoms with Gasteiger partial charge in [-0.25, -0.2) is 0 Å². The highest BCUT2D eigenvalue weighted by atomic mass is 32.2. The first-order chi connectivity index (χ1) is 20.2. The summed E-state index contributed by atoms with van der Waals surface area (Å²) in [5.41, 5.74) is 3.43. The number of hydrogen-bond acceptors (Lipinski definition) is 8. The Kier molecular flexibility index (Phi) is 10.6. The van der Waals surface area contributed by atoms with E-state index in [1.807, 2.05) is 52.8 Å². The Morgan fingerprint density at radius 3 is 2.07 bits per heavy atom. The van der Waals surface area contributed by atoms with Gasteiger partial charge >= 0.3 is 8.80 Å². The average Bonchev–Trinajstić information content (AvgIpc) is 3.15. The van der Waals surface area contributed by atoms with Crippen LogP contribution < -0.4 is 4.90 Å². The van der Waals surface area contributed by atoms with Crippen molar-refractivity contribution in [3.63, 3.8) is 0 Å². The predicted molar refractivity (Wildman–Crippen MR) is 173 cm³/mol. The quantitative estimate of drug-likeness (QED) is 0.153. The van der Waals surface area contributed by atoms with Crippen molar-refractivity contribution in [1.82, 2.24) is 0 Å². The van der Waals surface area contributed by atoms with Gasteiger partial charge in [0.25, 0.3) is 20.2 Å². The summed E-state index contributed by atoms with van der Waals surface area (Å²) in [6.07, 6.45) is 6.32. The molecular weight excluding hydrogens is 623 g/mol. The summed E-state index contributed by atoms with van der Waals surface area (Å²) in [7, 11) is -6.91. The van der Waals surface area contributed by atoms with Crippen molar-refractivity contribution in [1.29, 1.82) is 0 Å². The largest absolute Gasteiger partial charge is 0.500 e. The standard InChI is InChI=1S/C31H43NO9S2Si/c1-22-14-15-24(42(33,34)35)20-26(22)30(3,4)23(2)12-10-13-29-31(5,6)27-21-25(43(36,37)38)16-17-28(27)32(29)18-11-19-44(39-7,40-8)41-9/h10,12-17,20-21H,2,11,18-19H2,1,3-9H3,(H,33,34,35)(H,36,37,38)/b12-10+,29-13+. The molecule has 1 aliphatic rings. The van der Waals surface area contributed by atoms with Crippen LogP contribution in [0.25, 0.3) is 0 Å². The fourth-order valence-corrected chi connectivity index (χ4v) is 8.35. The zero-order valence-corrected chi connectivity index (χ0v) is 29.2. The van der Waals surface area contributed by atoms with E-state index in [0.717, 1.165) is 22.5 Å². The Labute approximate surface area is 262 Å². The smallest absolute Gasteiger partial charge is 0.377 e. The molecule has 13 heteroatoms. The Bertz CT molecular complexity index is 1680. The lowest BCUT2D eigenvalue weighted by atomic mass is 9.76. The van der Waals surface area contributed by atoms with Crippen LogP contribution in [0.15, 0.2) is 82.3 Å². The Morgan fingerprint density at radius 2 is 1.52 bits per heavy atom. The number of nitrogens with zero attached hydrogens (tertiary/aromatic N) is 1. The van der Waals surface area contributed by atoms with E-state index < -0.39 is 39.9 Å². The molecule has 0 atom stereocenters. The number of allylic oxidation sites excluding steroid dienone is 5. The molecule has 2 N–H and O–H groups in total. The molecule has 0 aliphatic carbocycles. The van der Waals surface area contributed by atoms with Crippen LogP contribution in [-0.4, -0.2) is 62.6 Å². The number of anilines is 1. The van der Waals surface area contributed by atoms with Crippen LogP contribution in [0.2, 0.25) is 6.04 Å². The van der Waals surface area contributed by atoms with E-state index in [1.165, 1.54) is 24.3 Å². The van der Waals surface area contributed by atoms with Crippen molar-refractivity contribution in [2.24, 2.45) is 0 Å². The molecule has 0 bridgehead atoms. The van der Waals surface area contributed by atoms with Crippen LogP contribution in [0.4, 0.5) is 5.69 Å². The number of rotatable bonds is 13. The summed E-state index contributed by atoms with van der Waals surface area (Å²) < 4.78 is 83.6. The molecule has 0 spiro atoms. The van der Waals surface area contributed by atoms with Crippen molar-refractivity contribution in [3.05, 3.63) is 89.2 Å². The monoisotopic (exact) mass is 665 g/mol. The average molecular weight is 666 g/mol. The second-order valence-corrected chi connectivity index (χ2v) is 17.8.